The molecule has 4 aromatic rings. The minimum Gasteiger partial charge on any atom is -0.483 e. The van der Waals surface area contributed by atoms with Crippen molar-refractivity contribution in [3.63, 3.8) is 0 Å². The van der Waals surface area contributed by atoms with Gasteiger partial charge in [0.25, 0.3) is 11.8 Å². The Kier molecular flexibility index (Phi) is 18.1. The Balaban J connectivity index is 0.00000136. The smallest absolute Gasteiger partial charge is 0.268 e. The number of imide groups is 1. The van der Waals surface area contributed by atoms with Gasteiger partial charge in [-0.3, -0.25) is 28.8 Å². The average Bonchev–Trinajstić information content (AvgIpc) is 3.53. The number of aromatic nitrogens is 1. The van der Waals surface area contributed by atoms with E-state index >= 15 is 0 Å². The number of amides is 4. The summed E-state index contributed by atoms with van der Waals surface area (Å²) in [5.41, 5.74) is 4.25. The van der Waals surface area contributed by atoms with Crippen LogP contribution in [0.25, 0.3) is 22.0 Å². The molecule has 52 heavy (non-hydrogen) atoms. The molecule has 0 aliphatic heterocycles. The average molecular weight is 734 g/mol. The lowest BCUT2D eigenvalue weighted by molar-refractivity contribution is -0.175. The monoisotopic (exact) mass is 733 g/mol. The molecule has 0 saturated heterocycles. The zero-order valence-electron chi connectivity index (χ0n) is 29.9. The first-order chi connectivity index (χ1) is 25.2. The second kappa shape index (κ2) is 22.7. The van der Waals surface area contributed by atoms with Gasteiger partial charge < -0.3 is 25.7 Å². The molecular formula is C39H48ClN5O7. The highest BCUT2D eigenvalue weighted by Crippen LogP contribution is 2.34. The lowest BCUT2D eigenvalue weighted by Gasteiger charge is -2.24. The zero-order valence-corrected chi connectivity index (χ0v) is 30.7. The lowest BCUT2D eigenvalue weighted by Crippen LogP contribution is -2.30. The third-order valence-electron chi connectivity index (χ3n) is 8.29. The van der Waals surface area contributed by atoms with Gasteiger partial charge in [-0.25, -0.2) is 0 Å². The molecule has 4 N–H and O–H groups in total. The van der Waals surface area contributed by atoms with Gasteiger partial charge in [-0.2, -0.15) is 5.06 Å². The van der Waals surface area contributed by atoms with Crippen LogP contribution in [0.15, 0.2) is 66.7 Å². The van der Waals surface area contributed by atoms with Crippen LogP contribution in [0.5, 0.6) is 5.75 Å². The second-order valence-corrected chi connectivity index (χ2v) is 12.5. The number of H-pyrrole nitrogens is 1. The van der Waals surface area contributed by atoms with Crippen molar-refractivity contribution in [2.24, 2.45) is 0 Å². The van der Waals surface area contributed by atoms with Gasteiger partial charge in [0, 0.05) is 58.8 Å². The Labute approximate surface area is 309 Å². The van der Waals surface area contributed by atoms with Gasteiger partial charge >= 0.3 is 0 Å². The lowest BCUT2D eigenvalue weighted by atomic mass is 10.0. The first-order valence-corrected chi connectivity index (χ1v) is 17.7. The molecule has 4 rings (SSSR count). The Hall–Kier alpha value is -5.04. The van der Waals surface area contributed by atoms with Crippen molar-refractivity contribution in [2.45, 2.75) is 65.0 Å². The molecule has 0 spiro atoms. The van der Waals surface area contributed by atoms with Crippen LogP contribution < -0.4 is 20.7 Å². The summed E-state index contributed by atoms with van der Waals surface area (Å²) in [6.45, 7) is 5.28. The van der Waals surface area contributed by atoms with E-state index in [9.17, 15) is 14.4 Å². The van der Waals surface area contributed by atoms with Crippen LogP contribution in [0.2, 0.25) is 5.02 Å². The van der Waals surface area contributed by atoms with Crippen LogP contribution in [-0.4, -0.2) is 73.8 Å². The quantitative estimate of drug-likeness (QED) is 0.0446. The Morgan fingerprint density at radius 1 is 0.923 bits per heavy atom. The van der Waals surface area contributed by atoms with Gasteiger partial charge in [0.05, 0.1) is 6.61 Å². The first-order valence-electron chi connectivity index (χ1n) is 17.3. The molecule has 1 heterocycles. The molecule has 0 aliphatic rings. The maximum atomic E-state index is 13.2. The van der Waals surface area contributed by atoms with Crippen LogP contribution >= 0.6 is 11.6 Å². The summed E-state index contributed by atoms with van der Waals surface area (Å²) in [7, 11) is 1.87. The van der Waals surface area contributed by atoms with E-state index in [4.69, 9.17) is 30.8 Å². The zero-order chi connectivity index (χ0) is 37.7. The maximum absolute atomic E-state index is 13.2. The molecule has 3 aromatic carbocycles. The number of aldehydes is 1. The van der Waals surface area contributed by atoms with Crippen LogP contribution in [0, 0.1) is 0 Å². The number of unbranched alkanes of at least 4 members (excludes halogenated alkanes) is 3. The van der Waals surface area contributed by atoms with Crippen LogP contribution in [-0.2, 0) is 25.8 Å². The van der Waals surface area contributed by atoms with E-state index in [1.54, 1.807) is 28.6 Å². The van der Waals surface area contributed by atoms with Gasteiger partial charge in [0.15, 0.2) is 12.9 Å². The number of halogens is 1. The molecular weight excluding hydrogens is 686 g/mol. The predicted octanol–water partition coefficient (Wildman–Crippen LogP) is 6.23. The number of hydrogen-bond donors (Lipinski definition) is 4. The number of benzene rings is 3. The molecule has 1 atom stereocenters. The highest BCUT2D eigenvalue weighted by atomic mass is 35.5. The van der Waals surface area contributed by atoms with Crippen molar-refractivity contribution in [3.8, 4) is 16.9 Å². The van der Waals surface area contributed by atoms with Gasteiger partial charge in [-0.05, 0) is 56.0 Å². The second-order valence-electron chi connectivity index (χ2n) is 12.0. The van der Waals surface area contributed by atoms with E-state index in [1.807, 2.05) is 55.6 Å². The molecule has 0 saturated carbocycles. The predicted molar refractivity (Wildman–Crippen MR) is 202 cm³/mol. The number of carbonyl (C=O) groups excluding carboxylic acids is 5. The molecule has 4 amide bonds. The number of aromatic amines is 1. The number of carbonyl (C=O) groups is 5. The minimum atomic E-state index is -0.233. The van der Waals surface area contributed by atoms with E-state index < -0.39 is 0 Å². The fraction of sp³-hybridized carbons (Fsp3) is 0.359. The first kappa shape index (κ1) is 41.4. The largest absolute Gasteiger partial charge is 0.483 e. The highest BCUT2D eigenvalue weighted by molar-refractivity contribution is 6.31. The van der Waals surface area contributed by atoms with Crippen LogP contribution in [0.1, 0.15) is 78.8 Å². The molecule has 0 radical (unpaired) electrons. The van der Waals surface area contributed by atoms with E-state index in [0.717, 1.165) is 66.8 Å². The van der Waals surface area contributed by atoms with Gasteiger partial charge in [-0.1, -0.05) is 80.3 Å². The number of nitrogens with one attached hydrogen (secondary N) is 4. The minimum absolute atomic E-state index is 0.157. The Bertz CT molecular complexity index is 1740. The van der Waals surface area contributed by atoms with Gasteiger partial charge in [0.2, 0.25) is 12.8 Å². The Morgan fingerprint density at radius 3 is 2.29 bits per heavy atom. The number of rotatable bonds is 21. The van der Waals surface area contributed by atoms with Crippen molar-refractivity contribution in [1.82, 2.24) is 26.0 Å². The summed E-state index contributed by atoms with van der Waals surface area (Å²) < 4.78 is 5.79. The van der Waals surface area contributed by atoms with Crippen molar-refractivity contribution >= 4 is 53.4 Å². The van der Waals surface area contributed by atoms with E-state index in [0.29, 0.717) is 53.5 Å². The molecule has 1 unspecified atom stereocenters. The summed E-state index contributed by atoms with van der Waals surface area (Å²) in [4.78, 5) is 64.6. The van der Waals surface area contributed by atoms with Crippen LogP contribution in [0.3, 0.4) is 0 Å². The summed E-state index contributed by atoms with van der Waals surface area (Å²) in [6.07, 6.45) is 6.87. The van der Waals surface area contributed by atoms with Crippen molar-refractivity contribution in [2.75, 3.05) is 26.7 Å². The topological polar surface area (TPSA) is 159 Å². The third kappa shape index (κ3) is 12.9. The van der Waals surface area contributed by atoms with E-state index in [-0.39, 0.29) is 31.1 Å². The van der Waals surface area contributed by atoms with E-state index in [1.165, 1.54) is 0 Å². The van der Waals surface area contributed by atoms with Crippen molar-refractivity contribution < 1.29 is 33.5 Å². The summed E-state index contributed by atoms with van der Waals surface area (Å²) >= 11 is 6.27. The van der Waals surface area contributed by atoms with Gasteiger partial charge in [0.1, 0.15) is 11.4 Å². The summed E-state index contributed by atoms with van der Waals surface area (Å²) in [5.74, 6) is 0.0635. The standard InChI is InChI=1S/C37H45ClN4O5.C2H3NO2/c1-4-13-26(2)42(3)47-24-31-28(23-43)16-12-17-33(31)46-25-34(44)39-20-10-5-6-11-21-40-37(45)36-35(27-14-8-7-9-15-27)30-22-29(38)18-19-32(30)41-36;4-1-3-2-5/h7-9,12,14-19,22-23,26,41H,4-6,10-11,13,20-21,24-25H2,1-3H3,(H,39,44)(H,40,45);1-2H,(H,3,4,5). The fourth-order valence-electron chi connectivity index (χ4n) is 5.46. The number of hydroxylamine groups is 2. The third-order valence-corrected chi connectivity index (χ3v) is 8.53. The number of hydrogen-bond acceptors (Lipinski definition) is 8. The number of fused-ring (bicyclic) bond motifs is 1. The summed E-state index contributed by atoms with van der Waals surface area (Å²) in [6, 6.07) is 20.8. The van der Waals surface area contributed by atoms with Crippen molar-refractivity contribution in [3.05, 3.63) is 88.6 Å². The fourth-order valence-corrected chi connectivity index (χ4v) is 5.63. The molecule has 0 bridgehead atoms. The molecule has 13 heteroatoms. The normalized spacial score (nSPS) is 11.2. The van der Waals surface area contributed by atoms with Crippen LogP contribution in [0.4, 0.5) is 0 Å². The number of ether oxygens (including phenoxy) is 1. The molecule has 278 valence electrons. The Morgan fingerprint density at radius 2 is 1.63 bits per heavy atom. The summed E-state index contributed by atoms with van der Waals surface area (Å²) in [5, 5.41) is 11.0. The molecule has 0 aliphatic carbocycles. The van der Waals surface area contributed by atoms with Gasteiger partial charge in [-0.15, -0.1) is 0 Å². The SMILES string of the molecule is CCCC(C)N(C)OCc1c(C=O)cccc1OCC(=O)NCCCCCCNC(=O)c1[nH]c2ccc(Cl)cc2c1-c1ccccc1.O=CNC=O. The van der Waals surface area contributed by atoms with E-state index in [2.05, 4.69) is 29.5 Å². The molecule has 1 aromatic heterocycles. The highest BCUT2D eigenvalue weighted by Gasteiger charge is 2.19. The maximum Gasteiger partial charge on any atom is 0.268 e. The molecule has 0 fully saturated rings. The molecule has 12 nitrogen and oxygen atoms in total. The number of nitrogens with zero attached hydrogens (tertiary/aromatic N) is 1. The van der Waals surface area contributed by atoms with Crippen molar-refractivity contribution in [1.29, 1.82) is 0 Å².